The normalized spacial score (nSPS) is 21.0. The molecule has 1 aromatic heterocycles. The second-order valence-corrected chi connectivity index (χ2v) is 7.62. The molecule has 0 spiro atoms. The lowest BCUT2D eigenvalue weighted by Crippen LogP contribution is -2.47. The predicted molar refractivity (Wildman–Crippen MR) is 109 cm³/mol. The Morgan fingerprint density at radius 1 is 1.23 bits per heavy atom. The third-order valence-electron chi connectivity index (χ3n) is 5.35. The van der Waals surface area contributed by atoms with Crippen molar-refractivity contribution in [3.8, 4) is 0 Å². The molecule has 3 heterocycles. The highest BCUT2D eigenvalue weighted by molar-refractivity contribution is 6.04. The molecule has 0 radical (unpaired) electrons. The van der Waals surface area contributed by atoms with Gasteiger partial charge in [0, 0.05) is 30.8 Å². The number of carbonyl (C=O) groups is 2. The molecule has 2 amide bonds. The summed E-state index contributed by atoms with van der Waals surface area (Å²) in [7, 11) is 0. The first-order chi connectivity index (χ1) is 14.5. The summed E-state index contributed by atoms with van der Waals surface area (Å²) in [5.74, 6) is -0.505. The Hall–Kier alpha value is -3.29. The number of amides is 2. The highest BCUT2D eigenvalue weighted by Crippen LogP contribution is 2.23. The maximum Gasteiger partial charge on any atom is 0.266 e. The Balaban J connectivity index is 1.35. The average Bonchev–Trinajstić information content (AvgIpc) is 3.24. The lowest BCUT2D eigenvalue weighted by atomic mass is 9.96. The summed E-state index contributed by atoms with van der Waals surface area (Å²) >= 11 is 0. The summed E-state index contributed by atoms with van der Waals surface area (Å²) in [5, 5.41) is 6.82. The summed E-state index contributed by atoms with van der Waals surface area (Å²) in [5.41, 5.74) is 1.97. The standard InChI is InChI=1S/C22H23FN4O3/c1-14-5-2-9-20(24-14)25-21(28)16-7-4-10-27(13-16)22(29)19-12-18(26-30-19)15-6-3-8-17(23)11-15/h2-3,5-6,8-9,11,16,19H,4,7,10,12-13H2,1H3,(H,24,25,28). The van der Waals surface area contributed by atoms with Crippen LogP contribution in [0.25, 0.3) is 0 Å². The van der Waals surface area contributed by atoms with E-state index in [1.54, 1.807) is 23.1 Å². The predicted octanol–water partition coefficient (Wildman–Crippen LogP) is 2.90. The van der Waals surface area contributed by atoms with Gasteiger partial charge in [-0.1, -0.05) is 23.4 Å². The van der Waals surface area contributed by atoms with E-state index in [0.717, 1.165) is 12.1 Å². The monoisotopic (exact) mass is 410 g/mol. The quantitative estimate of drug-likeness (QED) is 0.840. The molecule has 1 aromatic carbocycles. The van der Waals surface area contributed by atoms with E-state index >= 15 is 0 Å². The largest absolute Gasteiger partial charge is 0.382 e. The number of likely N-dealkylation sites (tertiary alicyclic amines) is 1. The number of anilines is 1. The van der Waals surface area contributed by atoms with Crippen molar-refractivity contribution in [2.45, 2.75) is 32.3 Å². The lowest BCUT2D eigenvalue weighted by molar-refractivity contribution is -0.144. The van der Waals surface area contributed by atoms with Crippen molar-refractivity contribution in [1.29, 1.82) is 0 Å². The molecule has 30 heavy (non-hydrogen) atoms. The molecule has 156 valence electrons. The van der Waals surface area contributed by atoms with Crippen LogP contribution in [-0.2, 0) is 14.4 Å². The van der Waals surface area contributed by atoms with Gasteiger partial charge in [0.15, 0.2) is 0 Å². The summed E-state index contributed by atoms with van der Waals surface area (Å²) in [6.45, 7) is 2.75. The van der Waals surface area contributed by atoms with Gasteiger partial charge >= 0.3 is 0 Å². The van der Waals surface area contributed by atoms with E-state index in [1.807, 2.05) is 19.1 Å². The van der Waals surface area contributed by atoms with Crippen LogP contribution in [0.2, 0.25) is 0 Å². The number of hydrogen-bond acceptors (Lipinski definition) is 5. The summed E-state index contributed by atoms with van der Waals surface area (Å²) < 4.78 is 13.5. The Kier molecular flexibility index (Phi) is 5.74. The lowest BCUT2D eigenvalue weighted by Gasteiger charge is -2.33. The molecule has 4 rings (SSSR count). The van der Waals surface area contributed by atoms with Crippen molar-refractivity contribution in [2.24, 2.45) is 11.1 Å². The van der Waals surface area contributed by atoms with E-state index < -0.39 is 6.10 Å². The van der Waals surface area contributed by atoms with Crippen LogP contribution in [0.15, 0.2) is 47.6 Å². The number of pyridine rings is 1. The third kappa shape index (κ3) is 4.48. The van der Waals surface area contributed by atoms with Crippen LogP contribution in [-0.4, -0.2) is 46.6 Å². The van der Waals surface area contributed by atoms with Crippen molar-refractivity contribution < 1.29 is 18.8 Å². The Morgan fingerprint density at radius 3 is 2.87 bits per heavy atom. The van der Waals surface area contributed by atoms with Crippen LogP contribution in [0, 0.1) is 18.7 Å². The van der Waals surface area contributed by atoms with E-state index in [2.05, 4.69) is 15.5 Å². The smallest absolute Gasteiger partial charge is 0.266 e. The number of aromatic nitrogens is 1. The van der Waals surface area contributed by atoms with E-state index in [4.69, 9.17) is 4.84 Å². The number of oxime groups is 1. The highest BCUT2D eigenvalue weighted by atomic mass is 19.1. The highest BCUT2D eigenvalue weighted by Gasteiger charge is 2.36. The molecule has 7 nitrogen and oxygen atoms in total. The number of halogens is 1. The molecule has 1 saturated heterocycles. The van der Waals surface area contributed by atoms with Gasteiger partial charge in [0.25, 0.3) is 5.91 Å². The Morgan fingerprint density at radius 2 is 2.07 bits per heavy atom. The molecule has 1 fully saturated rings. The fourth-order valence-electron chi connectivity index (χ4n) is 3.78. The van der Waals surface area contributed by atoms with Crippen LogP contribution >= 0.6 is 0 Å². The Bertz CT molecular complexity index is 994. The molecule has 2 atom stereocenters. The van der Waals surface area contributed by atoms with Crippen molar-refractivity contribution in [2.75, 3.05) is 18.4 Å². The first-order valence-corrected chi connectivity index (χ1v) is 10.0. The molecule has 2 aliphatic rings. The molecular weight excluding hydrogens is 387 g/mol. The minimum Gasteiger partial charge on any atom is -0.382 e. The number of carbonyl (C=O) groups excluding carboxylic acids is 2. The fourth-order valence-corrected chi connectivity index (χ4v) is 3.78. The zero-order chi connectivity index (χ0) is 21.1. The van der Waals surface area contributed by atoms with Crippen LogP contribution in [0.5, 0.6) is 0 Å². The molecular formula is C22H23FN4O3. The minimum absolute atomic E-state index is 0.144. The van der Waals surface area contributed by atoms with Crippen LogP contribution < -0.4 is 5.32 Å². The maximum atomic E-state index is 13.5. The first kappa shape index (κ1) is 20.0. The van der Waals surface area contributed by atoms with Gasteiger partial charge in [-0.15, -0.1) is 0 Å². The number of hydrogen-bond donors (Lipinski definition) is 1. The zero-order valence-corrected chi connectivity index (χ0v) is 16.7. The van der Waals surface area contributed by atoms with Gasteiger partial charge in [-0.3, -0.25) is 9.59 Å². The molecule has 8 heteroatoms. The fraction of sp³-hybridized carbons (Fsp3) is 0.364. The first-order valence-electron chi connectivity index (χ1n) is 10.0. The van der Waals surface area contributed by atoms with Crippen LogP contribution in [0.1, 0.15) is 30.5 Å². The average molecular weight is 410 g/mol. The van der Waals surface area contributed by atoms with Gasteiger partial charge in [-0.05, 0) is 44.0 Å². The maximum absolute atomic E-state index is 13.5. The molecule has 0 bridgehead atoms. The molecule has 0 aliphatic carbocycles. The van der Waals surface area contributed by atoms with E-state index in [-0.39, 0.29) is 30.0 Å². The second kappa shape index (κ2) is 8.61. The minimum atomic E-state index is -0.747. The van der Waals surface area contributed by atoms with Gasteiger partial charge in [0.05, 0.1) is 11.6 Å². The van der Waals surface area contributed by atoms with Gasteiger partial charge < -0.3 is 15.1 Å². The van der Waals surface area contributed by atoms with Gasteiger partial charge in [0.2, 0.25) is 12.0 Å². The van der Waals surface area contributed by atoms with E-state index in [0.29, 0.717) is 36.6 Å². The van der Waals surface area contributed by atoms with E-state index in [1.165, 1.54) is 12.1 Å². The summed E-state index contributed by atoms with van der Waals surface area (Å²) in [6.07, 6.45) is 0.972. The second-order valence-electron chi connectivity index (χ2n) is 7.62. The number of piperidine rings is 1. The molecule has 2 aliphatic heterocycles. The number of benzene rings is 1. The van der Waals surface area contributed by atoms with Gasteiger partial charge in [-0.25, -0.2) is 9.37 Å². The van der Waals surface area contributed by atoms with Crippen molar-refractivity contribution in [3.63, 3.8) is 0 Å². The van der Waals surface area contributed by atoms with Crippen molar-refractivity contribution in [1.82, 2.24) is 9.88 Å². The molecule has 2 aromatic rings. The van der Waals surface area contributed by atoms with E-state index in [9.17, 15) is 14.0 Å². The van der Waals surface area contributed by atoms with Gasteiger partial charge in [-0.2, -0.15) is 0 Å². The van der Waals surface area contributed by atoms with Crippen molar-refractivity contribution in [3.05, 3.63) is 59.5 Å². The number of nitrogens with zero attached hydrogens (tertiary/aromatic N) is 3. The number of rotatable bonds is 4. The molecule has 2 unspecified atom stereocenters. The third-order valence-corrected chi connectivity index (χ3v) is 5.35. The zero-order valence-electron chi connectivity index (χ0n) is 16.7. The van der Waals surface area contributed by atoms with Crippen LogP contribution in [0.4, 0.5) is 10.2 Å². The number of nitrogens with one attached hydrogen (secondary N) is 1. The number of aryl methyl sites for hydroxylation is 1. The Labute approximate surface area is 173 Å². The van der Waals surface area contributed by atoms with Crippen molar-refractivity contribution >= 4 is 23.3 Å². The topological polar surface area (TPSA) is 83.9 Å². The molecule has 0 saturated carbocycles. The van der Waals surface area contributed by atoms with Crippen LogP contribution in [0.3, 0.4) is 0 Å². The molecule has 1 N–H and O–H groups in total. The van der Waals surface area contributed by atoms with Gasteiger partial charge in [0.1, 0.15) is 11.6 Å². The SMILES string of the molecule is Cc1cccc(NC(=O)C2CCCN(C(=O)C3CC(c4cccc(F)c4)=NO3)C2)n1. The summed E-state index contributed by atoms with van der Waals surface area (Å²) in [4.78, 5) is 36.9. The summed E-state index contributed by atoms with van der Waals surface area (Å²) in [6, 6.07) is 11.5.